The molecule has 1 aliphatic rings. The molecule has 3 aromatic heterocycles. The maximum atomic E-state index is 16.2. The summed E-state index contributed by atoms with van der Waals surface area (Å²) in [6, 6.07) is 5.78. The van der Waals surface area contributed by atoms with Gasteiger partial charge in [0.2, 0.25) is 0 Å². The van der Waals surface area contributed by atoms with Gasteiger partial charge >= 0.3 is 0 Å². The van der Waals surface area contributed by atoms with E-state index in [1.165, 1.54) is 0 Å². The van der Waals surface area contributed by atoms with Crippen molar-refractivity contribution in [3.63, 3.8) is 0 Å². The number of rotatable bonds is 6. The fraction of sp³-hybridized carbons (Fsp3) is 0.393. The summed E-state index contributed by atoms with van der Waals surface area (Å²) in [4.78, 5) is 18.8. The van der Waals surface area contributed by atoms with Crippen LogP contribution in [0, 0.1) is 13.8 Å². The molecule has 0 spiro atoms. The molecule has 0 amide bonds. The molecule has 4 heterocycles. The number of nitrogens with zero attached hydrogens (tertiary/aromatic N) is 5. The lowest BCUT2D eigenvalue weighted by atomic mass is 9.86. The van der Waals surface area contributed by atoms with E-state index in [0.29, 0.717) is 60.9 Å². The van der Waals surface area contributed by atoms with E-state index >= 15 is 4.39 Å². The number of likely N-dealkylation sites (tertiary alicyclic amines) is 1. The predicted octanol–water partition coefficient (Wildman–Crippen LogP) is 5.30. The summed E-state index contributed by atoms with van der Waals surface area (Å²) in [6.45, 7) is 9.30. The number of pyridine rings is 1. The summed E-state index contributed by atoms with van der Waals surface area (Å²) in [5, 5.41) is 4.59. The fourth-order valence-electron chi connectivity index (χ4n) is 5.15. The molecule has 1 saturated heterocycles. The van der Waals surface area contributed by atoms with Crippen LogP contribution in [0.3, 0.4) is 0 Å². The van der Waals surface area contributed by atoms with Crippen LogP contribution in [0.5, 0.6) is 5.75 Å². The van der Waals surface area contributed by atoms with Gasteiger partial charge in [-0.3, -0.25) is 9.20 Å². The first kappa shape index (κ1) is 24.2. The van der Waals surface area contributed by atoms with Crippen LogP contribution in [0.4, 0.5) is 4.39 Å². The van der Waals surface area contributed by atoms with Crippen LogP contribution in [-0.2, 0) is 5.67 Å². The number of carbonyl (C=O) groups excluding carboxylic acids is 1. The number of ketones is 1. The number of aryl methyl sites for hydroxylation is 2. The molecule has 0 unspecified atom stereocenters. The SMILES string of the molecule is CCOc1cc2ncc(-n3cc(-c4cc(C(C)=O)c(C)cc4C)cn3)n2cc1C1(F)CCN(C)CC1. The Balaban J connectivity index is 1.59. The highest BCUT2D eigenvalue weighted by Crippen LogP contribution is 2.42. The summed E-state index contributed by atoms with van der Waals surface area (Å²) in [6.07, 6.45) is 8.08. The second-order valence-electron chi connectivity index (χ2n) is 9.81. The summed E-state index contributed by atoms with van der Waals surface area (Å²) < 4.78 is 25.7. The number of piperidine rings is 1. The van der Waals surface area contributed by atoms with Gasteiger partial charge in [0.1, 0.15) is 17.1 Å². The minimum absolute atomic E-state index is 0.0367. The van der Waals surface area contributed by atoms with Crippen molar-refractivity contribution >= 4 is 11.4 Å². The average molecular weight is 490 g/mol. The Morgan fingerprint density at radius 3 is 2.56 bits per heavy atom. The monoisotopic (exact) mass is 489 g/mol. The number of halogens is 1. The van der Waals surface area contributed by atoms with E-state index in [-0.39, 0.29) is 5.78 Å². The molecule has 4 aromatic rings. The van der Waals surface area contributed by atoms with E-state index in [1.807, 2.05) is 62.8 Å². The topological polar surface area (TPSA) is 64.7 Å². The zero-order valence-corrected chi connectivity index (χ0v) is 21.5. The lowest BCUT2D eigenvalue weighted by Crippen LogP contribution is -2.38. The van der Waals surface area contributed by atoms with E-state index in [4.69, 9.17) is 4.74 Å². The first-order chi connectivity index (χ1) is 17.2. The molecule has 188 valence electrons. The summed E-state index contributed by atoms with van der Waals surface area (Å²) in [5.74, 6) is 1.28. The van der Waals surface area contributed by atoms with Gasteiger partial charge in [0.15, 0.2) is 11.6 Å². The molecular formula is C28H32FN5O2. The summed E-state index contributed by atoms with van der Waals surface area (Å²) in [7, 11) is 2.02. The predicted molar refractivity (Wildman–Crippen MR) is 138 cm³/mol. The average Bonchev–Trinajstić information content (AvgIpc) is 3.47. The highest BCUT2D eigenvalue weighted by atomic mass is 19.1. The third kappa shape index (κ3) is 4.19. The van der Waals surface area contributed by atoms with Gasteiger partial charge in [0.05, 0.1) is 19.0 Å². The Morgan fingerprint density at radius 2 is 1.86 bits per heavy atom. The van der Waals surface area contributed by atoms with Crippen LogP contribution >= 0.6 is 0 Å². The van der Waals surface area contributed by atoms with Crippen LogP contribution in [0.2, 0.25) is 0 Å². The normalized spacial score (nSPS) is 15.9. The molecule has 8 heteroatoms. The van der Waals surface area contributed by atoms with Crippen LogP contribution < -0.4 is 4.74 Å². The number of hydrogen-bond donors (Lipinski definition) is 0. The van der Waals surface area contributed by atoms with Gasteiger partial charge in [-0.2, -0.15) is 5.10 Å². The van der Waals surface area contributed by atoms with Gasteiger partial charge in [0.25, 0.3) is 0 Å². The quantitative estimate of drug-likeness (QED) is 0.344. The van der Waals surface area contributed by atoms with Crippen molar-refractivity contribution in [3.8, 4) is 22.7 Å². The smallest absolute Gasteiger partial charge is 0.160 e. The number of ether oxygens (including phenoxy) is 1. The Morgan fingerprint density at radius 1 is 1.11 bits per heavy atom. The number of hydrogen-bond acceptors (Lipinski definition) is 5. The number of fused-ring (bicyclic) bond motifs is 1. The van der Waals surface area contributed by atoms with Crippen LogP contribution in [0.25, 0.3) is 22.6 Å². The van der Waals surface area contributed by atoms with Crippen molar-refractivity contribution < 1.29 is 13.9 Å². The van der Waals surface area contributed by atoms with Gasteiger partial charge < -0.3 is 9.64 Å². The molecule has 1 aliphatic heterocycles. The molecule has 0 atom stereocenters. The Hall–Kier alpha value is -3.52. The zero-order valence-electron chi connectivity index (χ0n) is 21.5. The molecule has 0 aliphatic carbocycles. The first-order valence-corrected chi connectivity index (χ1v) is 12.4. The van der Waals surface area contributed by atoms with Crippen LogP contribution in [-0.4, -0.2) is 56.6 Å². The number of imidazole rings is 1. The third-order valence-electron chi connectivity index (χ3n) is 7.23. The Labute approximate surface area is 210 Å². The van der Waals surface area contributed by atoms with Gasteiger partial charge in [-0.25, -0.2) is 14.1 Å². The molecule has 0 radical (unpaired) electrons. The molecule has 1 aromatic carbocycles. The molecule has 5 rings (SSSR count). The molecule has 0 saturated carbocycles. The Bertz CT molecular complexity index is 1450. The summed E-state index contributed by atoms with van der Waals surface area (Å²) >= 11 is 0. The molecule has 36 heavy (non-hydrogen) atoms. The van der Waals surface area contributed by atoms with Crippen molar-refractivity contribution in [3.05, 3.63) is 65.2 Å². The van der Waals surface area contributed by atoms with Crippen molar-refractivity contribution in [1.82, 2.24) is 24.1 Å². The molecule has 0 bridgehead atoms. The van der Waals surface area contributed by atoms with E-state index in [9.17, 15) is 4.79 Å². The van der Waals surface area contributed by atoms with E-state index in [2.05, 4.69) is 15.0 Å². The fourth-order valence-corrected chi connectivity index (χ4v) is 5.15. The Kier molecular flexibility index (Phi) is 6.16. The molecular weight excluding hydrogens is 457 g/mol. The highest BCUT2D eigenvalue weighted by Gasteiger charge is 2.38. The maximum absolute atomic E-state index is 16.2. The molecule has 7 nitrogen and oxygen atoms in total. The van der Waals surface area contributed by atoms with E-state index < -0.39 is 5.67 Å². The van der Waals surface area contributed by atoms with Crippen molar-refractivity contribution in [2.24, 2.45) is 0 Å². The largest absolute Gasteiger partial charge is 0.493 e. The molecule has 1 fully saturated rings. The second kappa shape index (κ2) is 9.17. The van der Waals surface area contributed by atoms with Crippen molar-refractivity contribution in [2.75, 3.05) is 26.7 Å². The van der Waals surface area contributed by atoms with Crippen molar-refractivity contribution in [1.29, 1.82) is 0 Å². The van der Waals surface area contributed by atoms with Crippen molar-refractivity contribution in [2.45, 2.75) is 46.2 Å². The number of Topliss-reactive ketones (excluding diaryl/α,β-unsaturated/α-hetero) is 1. The molecule has 0 N–H and O–H groups in total. The zero-order chi connectivity index (χ0) is 25.6. The van der Waals surface area contributed by atoms with Gasteiger partial charge in [-0.1, -0.05) is 6.07 Å². The third-order valence-corrected chi connectivity index (χ3v) is 7.23. The minimum atomic E-state index is -1.47. The van der Waals surface area contributed by atoms with Gasteiger partial charge in [-0.05, 0) is 70.3 Å². The van der Waals surface area contributed by atoms with Crippen LogP contribution in [0.1, 0.15) is 53.7 Å². The van der Waals surface area contributed by atoms with Gasteiger partial charge in [-0.15, -0.1) is 0 Å². The minimum Gasteiger partial charge on any atom is -0.493 e. The number of aromatic nitrogens is 4. The summed E-state index contributed by atoms with van der Waals surface area (Å²) in [5.41, 5.74) is 4.34. The lowest BCUT2D eigenvalue weighted by Gasteiger charge is -2.35. The number of alkyl halides is 1. The maximum Gasteiger partial charge on any atom is 0.160 e. The number of benzene rings is 1. The second-order valence-corrected chi connectivity index (χ2v) is 9.81. The van der Waals surface area contributed by atoms with E-state index in [1.54, 1.807) is 24.0 Å². The highest BCUT2D eigenvalue weighted by molar-refractivity contribution is 5.97. The van der Waals surface area contributed by atoms with Gasteiger partial charge in [0, 0.05) is 48.2 Å². The standard InChI is InChI=1S/C28H32FN5O2/c1-6-36-25-13-26-30-15-27(33(26)17-24(25)28(29)7-9-32(5)10-8-28)34-16-21(14-31-34)23-12-22(20(4)35)18(2)11-19(23)3/h11-17H,6-10H2,1-5H3. The van der Waals surface area contributed by atoms with Crippen LogP contribution in [0.15, 0.2) is 43.0 Å². The first-order valence-electron chi connectivity index (χ1n) is 12.4. The lowest BCUT2D eigenvalue weighted by molar-refractivity contribution is 0.0640. The number of carbonyl (C=O) groups is 1. The van der Waals surface area contributed by atoms with E-state index in [0.717, 1.165) is 22.3 Å².